The van der Waals surface area contributed by atoms with E-state index in [4.69, 9.17) is 0 Å². The van der Waals surface area contributed by atoms with Crippen LogP contribution in [-0.4, -0.2) is 44.1 Å². The molecule has 7 nitrogen and oxygen atoms in total. The van der Waals surface area contributed by atoms with Crippen LogP contribution in [0.3, 0.4) is 0 Å². The second kappa shape index (κ2) is 5.83. The minimum absolute atomic E-state index is 0.434. The maximum Gasteiger partial charge on any atom is 0.156 e. The first-order valence-electron chi connectivity index (χ1n) is 7.87. The molecule has 1 fully saturated rings. The van der Waals surface area contributed by atoms with Crippen molar-refractivity contribution in [1.29, 1.82) is 0 Å². The van der Waals surface area contributed by atoms with Crippen LogP contribution in [0.1, 0.15) is 18.5 Å². The van der Waals surface area contributed by atoms with Crippen molar-refractivity contribution in [2.45, 2.75) is 25.8 Å². The zero-order valence-electron chi connectivity index (χ0n) is 13.0. The number of aromatic nitrogens is 5. The second-order valence-corrected chi connectivity index (χ2v) is 5.91. The van der Waals surface area contributed by atoms with E-state index < -0.39 is 0 Å². The van der Waals surface area contributed by atoms with E-state index in [0.29, 0.717) is 6.04 Å². The summed E-state index contributed by atoms with van der Waals surface area (Å²) in [7, 11) is 0. The molecule has 0 bridgehead atoms. The molecule has 0 saturated carbocycles. The number of aryl methyl sites for hydroxylation is 1. The van der Waals surface area contributed by atoms with E-state index in [0.717, 1.165) is 54.3 Å². The summed E-state index contributed by atoms with van der Waals surface area (Å²) in [4.78, 5) is 22.7. The van der Waals surface area contributed by atoms with Gasteiger partial charge in [-0.1, -0.05) is 0 Å². The number of nitrogens with one attached hydrogen (secondary N) is 2. The van der Waals surface area contributed by atoms with Gasteiger partial charge in [-0.2, -0.15) is 0 Å². The first-order chi connectivity index (χ1) is 11.3. The fourth-order valence-electron chi connectivity index (χ4n) is 3.12. The molecule has 0 amide bonds. The van der Waals surface area contributed by atoms with Gasteiger partial charge in [-0.05, 0) is 31.9 Å². The van der Waals surface area contributed by atoms with Gasteiger partial charge in [-0.25, -0.2) is 19.9 Å². The molecule has 23 heavy (non-hydrogen) atoms. The molecule has 118 valence electrons. The van der Waals surface area contributed by atoms with Crippen LogP contribution >= 0.6 is 0 Å². The quantitative estimate of drug-likeness (QED) is 0.771. The van der Waals surface area contributed by atoms with Crippen molar-refractivity contribution in [3.63, 3.8) is 0 Å². The van der Waals surface area contributed by atoms with Gasteiger partial charge in [-0.3, -0.25) is 0 Å². The van der Waals surface area contributed by atoms with Gasteiger partial charge in [0.25, 0.3) is 0 Å². The molecule has 1 aliphatic rings. The van der Waals surface area contributed by atoms with E-state index in [2.05, 4.69) is 41.2 Å². The molecular weight excluding hydrogens is 290 g/mol. The van der Waals surface area contributed by atoms with Crippen LogP contribution in [0.4, 0.5) is 11.6 Å². The molecule has 0 aromatic carbocycles. The third-order valence-electron chi connectivity index (χ3n) is 4.26. The maximum atomic E-state index is 4.50. The first kappa shape index (κ1) is 13.9. The predicted octanol–water partition coefficient (Wildman–Crippen LogP) is 2.14. The summed E-state index contributed by atoms with van der Waals surface area (Å²) in [6.07, 6.45) is 7.08. The normalized spacial score (nSPS) is 16.0. The summed E-state index contributed by atoms with van der Waals surface area (Å²) in [6.45, 7) is 3.98. The number of nitrogens with zero attached hydrogens (tertiary/aromatic N) is 5. The number of hydrogen-bond donors (Lipinski definition) is 2. The number of anilines is 2. The van der Waals surface area contributed by atoms with Crippen molar-refractivity contribution in [2.75, 3.05) is 23.3 Å². The number of hydrogen-bond acceptors (Lipinski definition) is 6. The predicted molar refractivity (Wildman–Crippen MR) is 89.5 cm³/mol. The molecule has 0 aliphatic carbocycles. The summed E-state index contributed by atoms with van der Waals surface area (Å²) in [5.74, 6) is 1.89. The Balaban J connectivity index is 1.46. The van der Waals surface area contributed by atoms with Crippen LogP contribution in [-0.2, 0) is 0 Å². The van der Waals surface area contributed by atoms with E-state index >= 15 is 0 Å². The lowest BCUT2D eigenvalue weighted by atomic mass is 10.0. The summed E-state index contributed by atoms with van der Waals surface area (Å²) in [5, 5.41) is 3.48. The van der Waals surface area contributed by atoms with E-state index in [1.54, 1.807) is 18.9 Å². The van der Waals surface area contributed by atoms with Crippen molar-refractivity contribution in [1.82, 2.24) is 24.9 Å². The number of H-pyrrole nitrogens is 1. The van der Waals surface area contributed by atoms with Crippen LogP contribution in [0.25, 0.3) is 11.0 Å². The zero-order chi connectivity index (χ0) is 15.6. The standard InChI is InChI=1S/C16H19N7/c1-11-8-13-15(21-11)16(20-10-18-13)23-6-3-12(4-7-23)22-14-2-5-17-9-19-14/h2,5,8-10,12,21H,3-4,6-7H2,1H3,(H,17,19,22). The summed E-state index contributed by atoms with van der Waals surface area (Å²) in [6, 6.07) is 4.40. The largest absolute Gasteiger partial charge is 0.367 e. The highest BCUT2D eigenvalue weighted by molar-refractivity contribution is 5.86. The van der Waals surface area contributed by atoms with Crippen LogP contribution in [0.15, 0.2) is 31.0 Å². The van der Waals surface area contributed by atoms with Crippen LogP contribution in [0.5, 0.6) is 0 Å². The Hall–Kier alpha value is -2.70. The highest BCUT2D eigenvalue weighted by Crippen LogP contribution is 2.26. The molecule has 4 heterocycles. The lowest BCUT2D eigenvalue weighted by molar-refractivity contribution is 0.523. The molecule has 4 rings (SSSR count). The molecule has 3 aromatic rings. The van der Waals surface area contributed by atoms with Crippen molar-refractivity contribution in [3.05, 3.63) is 36.7 Å². The smallest absolute Gasteiger partial charge is 0.156 e. The Bertz CT molecular complexity index is 791. The van der Waals surface area contributed by atoms with Crippen LogP contribution in [0, 0.1) is 6.92 Å². The first-order valence-corrected chi connectivity index (χ1v) is 7.87. The van der Waals surface area contributed by atoms with Gasteiger partial charge in [0.15, 0.2) is 5.82 Å². The summed E-state index contributed by atoms with van der Waals surface area (Å²) < 4.78 is 0. The Morgan fingerprint density at radius 3 is 2.83 bits per heavy atom. The Morgan fingerprint density at radius 2 is 2.04 bits per heavy atom. The molecule has 0 spiro atoms. The number of aromatic amines is 1. The molecule has 1 aliphatic heterocycles. The van der Waals surface area contributed by atoms with E-state index in [9.17, 15) is 0 Å². The fraction of sp³-hybridized carbons (Fsp3) is 0.375. The molecular formula is C16H19N7. The SMILES string of the molecule is Cc1cc2ncnc(N3CCC(Nc4ccncn4)CC3)c2[nH]1. The topological polar surface area (TPSA) is 82.6 Å². The molecule has 7 heteroatoms. The minimum atomic E-state index is 0.434. The Kier molecular flexibility index (Phi) is 3.53. The lowest BCUT2D eigenvalue weighted by Gasteiger charge is -2.33. The minimum Gasteiger partial charge on any atom is -0.367 e. The van der Waals surface area contributed by atoms with Gasteiger partial charge in [0.2, 0.25) is 0 Å². The van der Waals surface area contributed by atoms with Gasteiger partial charge in [-0.15, -0.1) is 0 Å². The fourth-order valence-corrected chi connectivity index (χ4v) is 3.12. The van der Waals surface area contributed by atoms with Gasteiger partial charge in [0, 0.05) is 31.0 Å². The van der Waals surface area contributed by atoms with Gasteiger partial charge in [0.1, 0.15) is 24.0 Å². The Labute approximate surface area is 134 Å². The van der Waals surface area contributed by atoms with Crippen LogP contribution < -0.4 is 10.2 Å². The van der Waals surface area contributed by atoms with Crippen molar-refractivity contribution in [3.8, 4) is 0 Å². The molecule has 1 saturated heterocycles. The zero-order valence-corrected chi connectivity index (χ0v) is 13.0. The summed E-state index contributed by atoms with van der Waals surface area (Å²) in [5.41, 5.74) is 3.13. The lowest BCUT2D eigenvalue weighted by Crippen LogP contribution is -2.39. The molecule has 0 atom stereocenters. The third kappa shape index (κ3) is 2.81. The number of fused-ring (bicyclic) bond motifs is 1. The average Bonchev–Trinajstić information content (AvgIpc) is 2.97. The van der Waals surface area contributed by atoms with Crippen molar-refractivity contribution < 1.29 is 0 Å². The molecule has 0 radical (unpaired) electrons. The number of rotatable bonds is 3. The highest BCUT2D eigenvalue weighted by atomic mass is 15.2. The van der Waals surface area contributed by atoms with Gasteiger partial charge in [0.05, 0.1) is 5.52 Å². The summed E-state index contributed by atoms with van der Waals surface area (Å²) >= 11 is 0. The average molecular weight is 309 g/mol. The monoisotopic (exact) mass is 309 g/mol. The van der Waals surface area contributed by atoms with Crippen molar-refractivity contribution >= 4 is 22.7 Å². The van der Waals surface area contributed by atoms with E-state index in [1.165, 1.54) is 0 Å². The highest BCUT2D eigenvalue weighted by Gasteiger charge is 2.22. The number of piperidine rings is 1. The van der Waals surface area contributed by atoms with Gasteiger partial charge < -0.3 is 15.2 Å². The second-order valence-electron chi connectivity index (χ2n) is 5.91. The maximum absolute atomic E-state index is 4.50. The van der Waals surface area contributed by atoms with E-state index in [1.807, 2.05) is 13.0 Å². The van der Waals surface area contributed by atoms with Gasteiger partial charge >= 0.3 is 0 Å². The Morgan fingerprint density at radius 1 is 1.17 bits per heavy atom. The van der Waals surface area contributed by atoms with Crippen molar-refractivity contribution in [2.24, 2.45) is 0 Å². The third-order valence-corrected chi connectivity index (χ3v) is 4.26. The molecule has 3 aromatic heterocycles. The van der Waals surface area contributed by atoms with Crippen LogP contribution in [0.2, 0.25) is 0 Å². The molecule has 2 N–H and O–H groups in total. The van der Waals surface area contributed by atoms with E-state index in [-0.39, 0.29) is 0 Å². The molecule has 0 unspecified atom stereocenters.